The van der Waals surface area contributed by atoms with Crippen LogP contribution in [0.2, 0.25) is 0 Å². The predicted molar refractivity (Wildman–Crippen MR) is 102 cm³/mol. The molecule has 0 radical (unpaired) electrons. The molecule has 0 aliphatic carbocycles. The number of nitrogen functional groups attached to an aromatic ring is 1. The average molecular weight is 505 g/mol. The molecule has 0 spiro atoms. The molecular weight excluding hydrogens is 488 g/mol. The molecule has 3 heterocycles. The van der Waals surface area contributed by atoms with Crippen molar-refractivity contribution in [1.29, 1.82) is 0 Å². The van der Waals surface area contributed by atoms with E-state index in [9.17, 15) is 39.9 Å². The molecule has 16 heteroatoms. The number of hydrogen-bond acceptors (Lipinski definition) is 8. The Hall–Kier alpha value is -2.17. The quantitative estimate of drug-likeness (QED) is 0.614. The highest BCUT2D eigenvalue weighted by Crippen LogP contribution is 2.49. The van der Waals surface area contributed by atoms with Gasteiger partial charge in [0, 0.05) is 43.6 Å². The lowest BCUT2D eigenvalue weighted by Crippen LogP contribution is -2.55. The number of alkyl halides is 6. The van der Waals surface area contributed by atoms with Gasteiger partial charge >= 0.3 is 12.4 Å². The van der Waals surface area contributed by atoms with E-state index in [0.29, 0.717) is 5.00 Å². The number of aliphatic hydroxyl groups is 1. The van der Waals surface area contributed by atoms with E-state index >= 15 is 0 Å². The first-order chi connectivity index (χ1) is 14.6. The van der Waals surface area contributed by atoms with Crippen LogP contribution in [-0.2, 0) is 15.6 Å². The highest BCUT2D eigenvalue weighted by atomic mass is 32.2. The molecule has 1 fully saturated rings. The summed E-state index contributed by atoms with van der Waals surface area (Å²) in [5.74, 6) is -0.203. The normalized spacial score (nSPS) is 19.4. The summed E-state index contributed by atoms with van der Waals surface area (Å²) in [7, 11) is -3.82. The van der Waals surface area contributed by atoms with Crippen LogP contribution >= 0.6 is 11.3 Å². The van der Waals surface area contributed by atoms with Crippen molar-refractivity contribution >= 4 is 32.3 Å². The third kappa shape index (κ3) is 4.11. The van der Waals surface area contributed by atoms with Crippen molar-refractivity contribution in [3.05, 3.63) is 30.1 Å². The summed E-state index contributed by atoms with van der Waals surface area (Å²) in [6.07, 6.45) is -11.6. The molecule has 2 aromatic heterocycles. The van der Waals surface area contributed by atoms with E-state index in [0.717, 1.165) is 11.3 Å². The number of sulfonamides is 1. The van der Waals surface area contributed by atoms with Gasteiger partial charge in [-0.1, -0.05) is 0 Å². The first kappa shape index (κ1) is 24.5. The molecule has 0 bridgehead atoms. The first-order valence-corrected chi connectivity index (χ1v) is 11.1. The Morgan fingerprint density at radius 3 is 2.09 bits per heavy atom. The maximum absolute atomic E-state index is 13.0. The van der Waals surface area contributed by atoms with Crippen LogP contribution in [0.1, 0.15) is 12.5 Å². The fourth-order valence-corrected chi connectivity index (χ4v) is 5.94. The second-order valence-corrected chi connectivity index (χ2v) is 10.3. The van der Waals surface area contributed by atoms with Crippen LogP contribution in [0.25, 0.3) is 0 Å². The van der Waals surface area contributed by atoms with Gasteiger partial charge < -0.3 is 15.7 Å². The van der Waals surface area contributed by atoms with E-state index in [4.69, 9.17) is 5.73 Å². The lowest BCUT2D eigenvalue weighted by Gasteiger charge is -2.39. The summed E-state index contributed by atoms with van der Waals surface area (Å²) in [5, 5.41) is 9.74. The first-order valence-electron chi connectivity index (χ1n) is 8.89. The molecule has 0 saturated carbocycles. The third-order valence-electron chi connectivity index (χ3n) is 4.92. The smallest absolute Gasteiger partial charge is 0.391 e. The summed E-state index contributed by atoms with van der Waals surface area (Å²) < 4.78 is 105. The van der Waals surface area contributed by atoms with E-state index < -0.39 is 39.6 Å². The number of nitrogens with zero attached hydrogens (tertiary/aromatic N) is 4. The van der Waals surface area contributed by atoms with Crippen LogP contribution in [0.4, 0.5) is 37.3 Å². The van der Waals surface area contributed by atoms with Crippen molar-refractivity contribution in [3.63, 3.8) is 0 Å². The number of halogens is 6. The van der Waals surface area contributed by atoms with Crippen molar-refractivity contribution in [2.24, 2.45) is 0 Å². The number of aromatic nitrogens is 2. The summed E-state index contributed by atoms with van der Waals surface area (Å²) >= 11 is 0.897. The molecule has 32 heavy (non-hydrogen) atoms. The average Bonchev–Trinajstić information content (AvgIpc) is 3.13. The summed E-state index contributed by atoms with van der Waals surface area (Å²) in [6, 6.07) is 2.28. The SMILES string of the molecule is C[C@H]1CN(S(=O)(=O)c2ccc(N)s2)CCN1c1ncc(C(O)(C(F)(F)F)C(F)(F)F)cn1. The van der Waals surface area contributed by atoms with E-state index in [-0.39, 0.29) is 42.2 Å². The molecule has 1 aliphatic rings. The Kier molecular flexibility index (Phi) is 6.12. The summed E-state index contributed by atoms with van der Waals surface area (Å²) in [4.78, 5) is 8.58. The van der Waals surface area contributed by atoms with Crippen molar-refractivity contribution < 1.29 is 39.9 Å². The second kappa shape index (κ2) is 8.00. The van der Waals surface area contributed by atoms with Crippen molar-refractivity contribution in [2.75, 3.05) is 30.3 Å². The molecule has 0 amide bonds. The number of hydrogen-bond donors (Lipinski definition) is 2. The molecule has 1 aliphatic heterocycles. The zero-order valence-corrected chi connectivity index (χ0v) is 17.9. The monoisotopic (exact) mass is 505 g/mol. The molecule has 3 N–H and O–H groups in total. The number of piperazine rings is 1. The number of rotatable bonds is 4. The van der Waals surface area contributed by atoms with Gasteiger partial charge in [0.25, 0.3) is 15.6 Å². The topological polar surface area (TPSA) is 113 Å². The Balaban J connectivity index is 1.81. The summed E-state index contributed by atoms with van der Waals surface area (Å²) in [5.41, 5.74) is -1.13. The molecule has 0 unspecified atom stereocenters. The minimum Gasteiger partial charge on any atom is -0.391 e. The number of thiophene rings is 1. The van der Waals surface area contributed by atoms with Crippen LogP contribution in [0.3, 0.4) is 0 Å². The zero-order valence-electron chi connectivity index (χ0n) is 16.2. The van der Waals surface area contributed by atoms with Crippen LogP contribution in [0.5, 0.6) is 0 Å². The Bertz CT molecular complexity index is 1060. The van der Waals surface area contributed by atoms with Crippen LogP contribution < -0.4 is 10.6 Å². The number of nitrogens with two attached hydrogens (primary N) is 1. The van der Waals surface area contributed by atoms with Gasteiger partial charge in [0.05, 0.1) is 5.00 Å². The van der Waals surface area contributed by atoms with Gasteiger partial charge in [-0.2, -0.15) is 30.6 Å². The molecule has 178 valence electrons. The largest absolute Gasteiger partial charge is 0.430 e. The lowest BCUT2D eigenvalue weighted by molar-refractivity contribution is -0.376. The predicted octanol–water partition coefficient (Wildman–Crippen LogP) is 2.33. The maximum Gasteiger partial charge on any atom is 0.430 e. The van der Waals surface area contributed by atoms with Crippen molar-refractivity contribution in [2.45, 2.75) is 35.1 Å². The standard InChI is InChI=1S/C16H17F6N5O3S2/c1-9-8-26(32(29,30)12-3-2-11(23)31-12)4-5-27(9)13-24-6-10(7-25-13)14(28,15(17,18)19)16(20,21)22/h2-3,6-7,9,28H,4-5,8,23H2,1H3/t9-/m0/s1. The van der Waals surface area contributed by atoms with Gasteiger partial charge in [-0.3, -0.25) is 0 Å². The van der Waals surface area contributed by atoms with E-state index in [2.05, 4.69) is 9.97 Å². The van der Waals surface area contributed by atoms with Gasteiger partial charge in [0.1, 0.15) is 4.21 Å². The van der Waals surface area contributed by atoms with Gasteiger partial charge in [0.2, 0.25) is 5.95 Å². The highest BCUT2D eigenvalue weighted by molar-refractivity contribution is 7.91. The zero-order chi connectivity index (χ0) is 24.1. The van der Waals surface area contributed by atoms with Crippen molar-refractivity contribution in [3.8, 4) is 0 Å². The molecule has 2 aromatic rings. The fourth-order valence-electron chi connectivity index (χ4n) is 3.18. The van der Waals surface area contributed by atoms with E-state index in [1.165, 1.54) is 21.3 Å². The third-order valence-corrected chi connectivity index (χ3v) is 8.17. The van der Waals surface area contributed by atoms with Crippen LogP contribution in [0, 0.1) is 0 Å². The summed E-state index contributed by atoms with van der Waals surface area (Å²) in [6.45, 7) is 1.58. The van der Waals surface area contributed by atoms with Crippen LogP contribution in [0.15, 0.2) is 28.7 Å². The second-order valence-electron chi connectivity index (χ2n) is 7.04. The highest BCUT2D eigenvalue weighted by Gasteiger charge is 2.71. The van der Waals surface area contributed by atoms with Gasteiger partial charge in [-0.15, -0.1) is 11.3 Å². The Labute approximate surface area is 182 Å². The Morgan fingerprint density at radius 2 is 1.66 bits per heavy atom. The molecule has 1 atom stereocenters. The van der Waals surface area contributed by atoms with Gasteiger partial charge in [0.15, 0.2) is 0 Å². The van der Waals surface area contributed by atoms with Gasteiger partial charge in [-0.05, 0) is 19.1 Å². The minimum absolute atomic E-state index is 0.0232. The fraction of sp³-hybridized carbons (Fsp3) is 0.500. The molecule has 0 aromatic carbocycles. The molecule has 8 nitrogen and oxygen atoms in total. The van der Waals surface area contributed by atoms with Crippen molar-refractivity contribution in [1.82, 2.24) is 14.3 Å². The Morgan fingerprint density at radius 1 is 1.09 bits per heavy atom. The van der Waals surface area contributed by atoms with E-state index in [1.54, 1.807) is 6.92 Å². The van der Waals surface area contributed by atoms with E-state index in [1.807, 2.05) is 0 Å². The lowest BCUT2D eigenvalue weighted by atomic mass is 9.95. The maximum atomic E-state index is 13.0. The van der Waals surface area contributed by atoms with Gasteiger partial charge in [-0.25, -0.2) is 18.4 Å². The molecular formula is C16H17F6N5O3S2. The molecule has 3 rings (SSSR count). The van der Waals surface area contributed by atoms with Crippen LogP contribution in [-0.4, -0.2) is 65.8 Å². The number of anilines is 2. The molecule has 1 saturated heterocycles. The minimum atomic E-state index is -6.05.